The zero-order valence-electron chi connectivity index (χ0n) is 16.0. The van der Waals surface area contributed by atoms with Gasteiger partial charge < -0.3 is 24.3 Å². The first-order chi connectivity index (χ1) is 13.6. The highest BCUT2D eigenvalue weighted by Crippen LogP contribution is 2.37. The number of amides is 1. The third kappa shape index (κ3) is 4.81. The molecule has 6 nitrogen and oxygen atoms in total. The Morgan fingerprint density at radius 3 is 2.64 bits per heavy atom. The maximum Gasteiger partial charge on any atom is 0.251 e. The minimum atomic E-state index is -0.250. The molecule has 0 saturated heterocycles. The van der Waals surface area contributed by atoms with Crippen LogP contribution < -0.4 is 24.3 Å². The van der Waals surface area contributed by atoms with Gasteiger partial charge in [-0.2, -0.15) is 0 Å². The van der Waals surface area contributed by atoms with Crippen LogP contribution in [0.25, 0.3) is 0 Å². The van der Waals surface area contributed by atoms with Crippen LogP contribution in [0.2, 0.25) is 5.02 Å². The Bertz CT molecular complexity index is 840. The third-order valence-corrected chi connectivity index (χ3v) is 4.36. The quantitative estimate of drug-likeness (QED) is 0.712. The van der Waals surface area contributed by atoms with Gasteiger partial charge >= 0.3 is 0 Å². The largest absolute Gasteiger partial charge is 0.490 e. The first-order valence-corrected chi connectivity index (χ1v) is 9.76. The summed E-state index contributed by atoms with van der Waals surface area (Å²) < 4.78 is 22.4. The lowest BCUT2D eigenvalue weighted by Crippen LogP contribution is -2.23. The third-order valence-electron chi connectivity index (χ3n) is 4.08. The molecule has 3 rings (SSSR count). The molecule has 0 aliphatic carbocycles. The first-order valence-electron chi connectivity index (χ1n) is 9.38. The van der Waals surface area contributed by atoms with Crippen molar-refractivity contribution in [3.63, 3.8) is 0 Å². The molecular weight excluding hydrogens is 382 g/mol. The molecule has 0 aromatic heterocycles. The van der Waals surface area contributed by atoms with E-state index in [1.165, 1.54) is 0 Å². The van der Waals surface area contributed by atoms with E-state index in [-0.39, 0.29) is 5.91 Å². The van der Waals surface area contributed by atoms with Crippen LogP contribution in [0.5, 0.6) is 23.0 Å². The van der Waals surface area contributed by atoms with Crippen LogP contribution in [-0.4, -0.2) is 32.3 Å². The highest BCUT2D eigenvalue weighted by atomic mass is 35.5. The molecule has 1 N–H and O–H groups in total. The Kier molecular flexibility index (Phi) is 6.87. The van der Waals surface area contributed by atoms with Gasteiger partial charge in [0, 0.05) is 12.1 Å². The van der Waals surface area contributed by atoms with Crippen LogP contribution in [0.15, 0.2) is 30.3 Å². The van der Waals surface area contributed by atoms with Gasteiger partial charge in [-0.05, 0) is 43.2 Å². The van der Waals surface area contributed by atoms with Crippen molar-refractivity contribution in [2.24, 2.45) is 0 Å². The molecule has 1 aliphatic rings. The van der Waals surface area contributed by atoms with E-state index in [2.05, 4.69) is 5.32 Å². The molecule has 0 saturated carbocycles. The molecule has 0 unspecified atom stereocenters. The van der Waals surface area contributed by atoms with Crippen LogP contribution in [0, 0.1) is 0 Å². The second-order valence-electron chi connectivity index (χ2n) is 6.23. The van der Waals surface area contributed by atoms with Gasteiger partial charge in [0.05, 0.1) is 18.2 Å². The molecule has 0 bridgehead atoms. The molecular formula is C21H24ClNO5. The van der Waals surface area contributed by atoms with E-state index >= 15 is 0 Å². The summed E-state index contributed by atoms with van der Waals surface area (Å²) in [5, 5.41) is 3.24. The lowest BCUT2D eigenvalue weighted by Gasteiger charge is -2.19. The average Bonchev–Trinajstić information content (AvgIpc) is 2.71. The zero-order chi connectivity index (χ0) is 19.9. The van der Waals surface area contributed by atoms with Gasteiger partial charge in [-0.3, -0.25) is 4.79 Å². The average molecular weight is 406 g/mol. The normalized spacial score (nSPS) is 12.4. The molecule has 2 aromatic rings. The van der Waals surface area contributed by atoms with Gasteiger partial charge in [0.25, 0.3) is 5.91 Å². The van der Waals surface area contributed by atoms with Crippen molar-refractivity contribution in [1.82, 2.24) is 5.32 Å². The Labute approximate surface area is 169 Å². The maximum atomic E-state index is 12.6. The van der Waals surface area contributed by atoms with Gasteiger partial charge in [0.15, 0.2) is 23.0 Å². The summed E-state index contributed by atoms with van der Waals surface area (Å²) in [4.78, 5) is 12.6. The number of fused-ring (bicyclic) bond motifs is 1. The number of carbonyl (C=O) groups is 1. The smallest absolute Gasteiger partial charge is 0.251 e. The number of rotatable bonds is 8. The molecule has 2 aromatic carbocycles. The van der Waals surface area contributed by atoms with Crippen LogP contribution in [0.1, 0.15) is 36.2 Å². The minimum absolute atomic E-state index is 0.250. The van der Waals surface area contributed by atoms with Crippen molar-refractivity contribution in [2.75, 3.05) is 26.4 Å². The summed E-state index contributed by atoms with van der Waals surface area (Å²) in [5.74, 6) is 2.09. The van der Waals surface area contributed by atoms with Crippen LogP contribution in [-0.2, 0) is 6.54 Å². The summed E-state index contributed by atoms with van der Waals surface area (Å²) in [6.07, 6.45) is 0.847. The second kappa shape index (κ2) is 9.55. The first kappa shape index (κ1) is 20.1. The topological polar surface area (TPSA) is 66.0 Å². The number of benzene rings is 2. The predicted molar refractivity (Wildman–Crippen MR) is 107 cm³/mol. The van der Waals surface area contributed by atoms with E-state index in [0.717, 1.165) is 17.7 Å². The Hall–Kier alpha value is -2.60. The number of nitrogens with one attached hydrogen (secondary N) is 1. The summed E-state index contributed by atoms with van der Waals surface area (Å²) >= 11 is 6.33. The lowest BCUT2D eigenvalue weighted by atomic mass is 10.1. The predicted octanol–water partition coefficient (Wildman–Crippen LogP) is 4.23. The Balaban J connectivity index is 1.71. The highest BCUT2D eigenvalue weighted by molar-refractivity contribution is 6.32. The summed E-state index contributed by atoms with van der Waals surface area (Å²) in [6.45, 7) is 6.26. The molecule has 0 radical (unpaired) electrons. The fraction of sp³-hybridized carbons (Fsp3) is 0.381. The van der Waals surface area contributed by atoms with Crippen molar-refractivity contribution >= 4 is 17.5 Å². The number of ether oxygens (including phenoxy) is 4. The number of carbonyl (C=O) groups excluding carboxylic acids is 1. The van der Waals surface area contributed by atoms with Crippen molar-refractivity contribution in [3.05, 3.63) is 46.5 Å². The van der Waals surface area contributed by atoms with E-state index in [1.807, 2.05) is 32.0 Å². The number of hydrogen-bond acceptors (Lipinski definition) is 5. The van der Waals surface area contributed by atoms with Gasteiger partial charge in [0.1, 0.15) is 13.2 Å². The van der Waals surface area contributed by atoms with Gasteiger partial charge in [0.2, 0.25) is 0 Å². The van der Waals surface area contributed by atoms with E-state index in [0.29, 0.717) is 60.8 Å². The van der Waals surface area contributed by atoms with Gasteiger partial charge in [-0.1, -0.05) is 24.6 Å². The molecule has 0 fully saturated rings. The SMILES string of the molecule is CCCOc1c(Cl)cc(C(=O)NCc2ccc3c(c2)OCCO3)cc1OCC. The zero-order valence-corrected chi connectivity index (χ0v) is 16.8. The molecule has 1 aliphatic heterocycles. The standard InChI is InChI=1S/C21H24ClNO5/c1-3-7-28-20-16(22)11-15(12-19(20)25-4-2)21(24)23-13-14-5-6-17-18(10-14)27-9-8-26-17/h5-6,10-12H,3-4,7-9,13H2,1-2H3,(H,23,24). The van der Waals surface area contributed by atoms with E-state index in [9.17, 15) is 4.79 Å². The summed E-state index contributed by atoms with van der Waals surface area (Å²) in [5.41, 5.74) is 1.33. The number of halogens is 1. The monoisotopic (exact) mass is 405 g/mol. The number of hydrogen-bond donors (Lipinski definition) is 1. The Morgan fingerprint density at radius 2 is 1.89 bits per heavy atom. The summed E-state index contributed by atoms with van der Waals surface area (Å²) in [7, 11) is 0. The van der Waals surface area contributed by atoms with Crippen LogP contribution in [0.3, 0.4) is 0 Å². The highest BCUT2D eigenvalue weighted by Gasteiger charge is 2.17. The van der Waals surface area contributed by atoms with Gasteiger partial charge in [-0.25, -0.2) is 0 Å². The lowest BCUT2D eigenvalue weighted by molar-refractivity contribution is 0.0950. The second-order valence-corrected chi connectivity index (χ2v) is 6.63. The van der Waals surface area contributed by atoms with E-state index < -0.39 is 0 Å². The van der Waals surface area contributed by atoms with Gasteiger partial charge in [-0.15, -0.1) is 0 Å². The molecule has 7 heteroatoms. The molecule has 1 heterocycles. The van der Waals surface area contributed by atoms with Crippen molar-refractivity contribution in [2.45, 2.75) is 26.8 Å². The minimum Gasteiger partial charge on any atom is -0.490 e. The van der Waals surface area contributed by atoms with Crippen molar-refractivity contribution < 1.29 is 23.7 Å². The molecule has 1 amide bonds. The molecule has 0 atom stereocenters. The van der Waals surface area contributed by atoms with Crippen molar-refractivity contribution in [1.29, 1.82) is 0 Å². The molecule has 28 heavy (non-hydrogen) atoms. The summed E-state index contributed by atoms with van der Waals surface area (Å²) in [6, 6.07) is 8.86. The van der Waals surface area contributed by atoms with Crippen LogP contribution in [0.4, 0.5) is 0 Å². The van der Waals surface area contributed by atoms with E-state index in [1.54, 1.807) is 12.1 Å². The Morgan fingerprint density at radius 1 is 1.11 bits per heavy atom. The molecule has 150 valence electrons. The van der Waals surface area contributed by atoms with E-state index in [4.69, 9.17) is 30.5 Å². The fourth-order valence-electron chi connectivity index (χ4n) is 2.79. The maximum absolute atomic E-state index is 12.6. The van der Waals surface area contributed by atoms with Crippen molar-refractivity contribution in [3.8, 4) is 23.0 Å². The molecule has 0 spiro atoms. The van der Waals surface area contributed by atoms with Crippen LogP contribution >= 0.6 is 11.6 Å². The fourth-order valence-corrected chi connectivity index (χ4v) is 3.05.